The minimum atomic E-state index is -0.226. The molecule has 2 aliphatic rings. The average molecular weight is 518 g/mol. The van der Waals surface area contributed by atoms with Gasteiger partial charge in [0.2, 0.25) is 0 Å². The lowest BCUT2D eigenvalue weighted by atomic mass is 10.0. The van der Waals surface area contributed by atoms with Gasteiger partial charge >= 0.3 is 0 Å². The van der Waals surface area contributed by atoms with Crippen LogP contribution in [0.25, 0.3) is 21.9 Å². The highest BCUT2D eigenvalue weighted by Crippen LogP contribution is 2.30. The van der Waals surface area contributed by atoms with Gasteiger partial charge in [-0.05, 0) is 53.6 Å². The van der Waals surface area contributed by atoms with E-state index in [-0.39, 0.29) is 42.9 Å². The van der Waals surface area contributed by atoms with Crippen molar-refractivity contribution >= 4 is 47.3 Å². The SMILES string of the molecule is CN(C)c1nccc2cc(-c3ccc(OC4CCN(C(=O)[C@H]5CCCO5)CC4)cc3)ccc12.Cl.Cl. The first-order valence-corrected chi connectivity index (χ1v) is 11.8. The lowest BCUT2D eigenvalue weighted by Crippen LogP contribution is -2.45. The number of hydrogen-bond acceptors (Lipinski definition) is 5. The summed E-state index contributed by atoms with van der Waals surface area (Å²) in [5.74, 6) is 2.01. The molecule has 0 radical (unpaired) electrons. The Kier molecular flexibility index (Phi) is 9.22. The predicted molar refractivity (Wildman–Crippen MR) is 145 cm³/mol. The van der Waals surface area contributed by atoms with Crippen molar-refractivity contribution in [3.63, 3.8) is 0 Å². The van der Waals surface area contributed by atoms with Crippen molar-refractivity contribution in [2.24, 2.45) is 0 Å². The maximum absolute atomic E-state index is 12.5. The summed E-state index contributed by atoms with van der Waals surface area (Å²) < 4.78 is 11.8. The summed E-state index contributed by atoms with van der Waals surface area (Å²) in [7, 11) is 4.03. The fraction of sp³-hybridized carbons (Fsp3) is 0.407. The second-order valence-electron chi connectivity index (χ2n) is 9.13. The predicted octanol–water partition coefficient (Wildman–Crippen LogP) is 5.36. The molecule has 0 spiro atoms. The van der Waals surface area contributed by atoms with Crippen LogP contribution in [-0.2, 0) is 9.53 Å². The number of rotatable bonds is 5. The number of aromatic nitrogens is 1. The second kappa shape index (κ2) is 11.9. The number of fused-ring (bicyclic) bond motifs is 1. The number of anilines is 1. The highest BCUT2D eigenvalue weighted by molar-refractivity contribution is 5.94. The molecule has 5 rings (SSSR count). The van der Waals surface area contributed by atoms with E-state index in [4.69, 9.17) is 9.47 Å². The molecule has 0 bridgehead atoms. The number of hydrogen-bond donors (Lipinski definition) is 0. The third-order valence-electron chi connectivity index (χ3n) is 6.62. The number of carbonyl (C=O) groups excluding carboxylic acids is 1. The third-order valence-corrected chi connectivity index (χ3v) is 6.62. The average Bonchev–Trinajstić information content (AvgIpc) is 3.39. The summed E-state index contributed by atoms with van der Waals surface area (Å²) in [6.07, 6.45) is 5.32. The molecule has 1 aromatic heterocycles. The van der Waals surface area contributed by atoms with Gasteiger partial charge in [-0.15, -0.1) is 24.8 Å². The Bertz CT molecular complexity index is 1130. The number of amides is 1. The molecule has 2 saturated heterocycles. The monoisotopic (exact) mass is 517 g/mol. The van der Waals surface area contributed by atoms with Crippen LogP contribution in [-0.4, -0.2) is 61.8 Å². The van der Waals surface area contributed by atoms with E-state index in [0.29, 0.717) is 6.61 Å². The molecular formula is C27H33Cl2N3O3. The number of carbonyl (C=O) groups is 1. The van der Waals surface area contributed by atoms with E-state index in [1.807, 2.05) is 42.2 Å². The molecule has 2 fully saturated rings. The number of likely N-dealkylation sites (tertiary alicyclic amines) is 1. The standard InChI is InChI=1S/C27H31N3O3.2ClH/c1-29(2)26-24-10-7-20(18-21(24)11-14-28-26)19-5-8-22(9-6-19)33-23-12-15-30(16-13-23)27(31)25-4-3-17-32-25;;/h5-11,14,18,23,25H,3-4,12-13,15-17H2,1-2H3;2*1H/t25-;;/m1../s1. The Morgan fingerprint density at radius 2 is 1.71 bits per heavy atom. The summed E-state index contributed by atoms with van der Waals surface area (Å²) >= 11 is 0. The van der Waals surface area contributed by atoms with Crippen LogP contribution in [0.3, 0.4) is 0 Å². The lowest BCUT2D eigenvalue weighted by molar-refractivity contribution is -0.142. The molecule has 35 heavy (non-hydrogen) atoms. The Labute approximate surface area is 219 Å². The van der Waals surface area contributed by atoms with Crippen molar-refractivity contribution in [3.05, 3.63) is 54.7 Å². The summed E-state index contributed by atoms with van der Waals surface area (Å²) in [6, 6.07) is 16.9. The Morgan fingerprint density at radius 1 is 1.00 bits per heavy atom. The number of nitrogens with zero attached hydrogens (tertiary/aromatic N) is 3. The van der Waals surface area contributed by atoms with Crippen LogP contribution in [0.5, 0.6) is 5.75 Å². The van der Waals surface area contributed by atoms with E-state index < -0.39 is 0 Å². The first-order chi connectivity index (χ1) is 16.1. The van der Waals surface area contributed by atoms with Gasteiger partial charge in [-0.2, -0.15) is 0 Å². The normalized spacial score (nSPS) is 18.0. The zero-order chi connectivity index (χ0) is 22.8. The van der Waals surface area contributed by atoms with Crippen molar-refractivity contribution < 1.29 is 14.3 Å². The minimum Gasteiger partial charge on any atom is -0.490 e. The van der Waals surface area contributed by atoms with Crippen LogP contribution >= 0.6 is 24.8 Å². The lowest BCUT2D eigenvalue weighted by Gasteiger charge is -2.33. The van der Waals surface area contributed by atoms with Gasteiger partial charge in [0.15, 0.2) is 0 Å². The molecule has 0 N–H and O–H groups in total. The van der Waals surface area contributed by atoms with Gasteiger partial charge in [-0.3, -0.25) is 4.79 Å². The van der Waals surface area contributed by atoms with Gasteiger partial charge < -0.3 is 19.3 Å². The quantitative estimate of drug-likeness (QED) is 0.455. The van der Waals surface area contributed by atoms with Gasteiger partial charge in [0.25, 0.3) is 5.91 Å². The zero-order valence-corrected chi connectivity index (χ0v) is 21.8. The van der Waals surface area contributed by atoms with Crippen molar-refractivity contribution in [1.82, 2.24) is 9.88 Å². The van der Waals surface area contributed by atoms with Crippen LogP contribution in [0.15, 0.2) is 54.7 Å². The number of ether oxygens (including phenoxy) is 2. The molecule has 1 atom stereocenters. The number of halogens is 2. The van der Waals surface area contributed by atoms with Gasteiger partial charge in [-0.1, -0.05) is 24.3 Å². The first-order valence-electron chi connectivity index (χ1n) is 11.8. The highest BCUT2D eigenvalue weighted by Gasteiger charge is 2.31. The molecule has 2 aliphatic heterocycles. The summed E-state index contributed by atoms with van der Waals surface area (Å²) in [5, 5.41) is 2.33. The number of benzene rings is 2. The van der Waals surface area contributed by atoms with Crippen molar-refractivity contribution in [2.75, 3.05) is 38.7 Å². The third kappa shape index (κ3) is 6.00. The topological polar surface area (TPSA) is 54.9 Å². The van der Waals surface area contributed by atoms with Crippen molar-refractivity contribution in [1.29, 1.82) is 0 Å². The fourth-order valence-electron chi connectivity index (χ4n) is 4.79. The van der Waals surface area contributed by atoms with Gasteiger partial charge in [0, 0.05) is 58.2 Å². The molecule has 3 heterocycles. The van der Waals surface area contributed by atoms with Crippen LogP contribution in [0.4, 0.5) is 5.82 Å². The van der Waals surface area contributed by atoms with E-state index in [9.17, 15) is 4.79 Å². The first kappa shape index (κ1) is 27.1. The Hall–Kier alpha value is -2.54. The molecule has 3 aromatic rings. The summed E-state index contributed by atoms with van der Waals surface area (Å²) in [6.45, 7) is 2.18. The maximum atomic E-state index is 12.5. The van der Waals surface area contributed by atoms with E-state index >= 15 is 0 Å². The van der Waals surface area contributed by atoms with E-state index in [0.717, 1.165) is 61.3 Å². The Morgan fingerprint density at radius 3 is 2.37 bits per heavy atom. The Balaban J connectivity index is 0.00000171. The molecule has 188 valence electrons. The molecular weight excluding hydrogens is 485 g/mol. The molecule has 8 heteroatoms. The number of pyridine rings is 1. The number of piperidine rings is 1. The van der Waals surface area contributed by atoms with Crippen molar-refractivity contribution in [3.8, 4) is 16.9 Å². The van der Waals surface area contributed by atoms with E-state index in [1.54, 1.807) is 0 Å². The molecule has 0 unspecified atom stereocenters. The van der Waals surface area contributed by atoms with Crippen LogP contribution in [0.1, 0.15) is 25.7 Å². The summed E-state index contributed by atoms with van der Waals surface area (Å²) in [4.78, 5) is 21.0. The molecule has 6 nitrogen and oxygen atoms in total. The fourth-order valence-corrected chi connectivity index (χ4v) is 4.79. The second-order valence-corrected chi connectivity index (χ2v) is 9.13. The van der Waals surface area contributed by atoms with Crippen LogP contribution in [0.2, 0.25) is 0 Å². The molecule has 2 aromatic carbocycles. The molecule has 0 aliphatic carbocycles. The highest BCUT2D eigenvalue weighted by atomic mass is 35.5. The minimum absolute atomic E-state index is 0. The van der Waals surface area contributed by atoms with Crippen LogP contribution in [0, 0.1) is 0 Å². The largest absolute Gasteiger partial charge is 0.490 e. The van der Waals surface area contributed by atoms with Crippen molar-refractivity contribution in [2.45, 2.75) is 37.9 Å². The summed E-state index contributed by atoms with van der Waals surface area (Å²) in [5.41, 5.74) is 2.33. The smallest absolute Gasteiger partial charge is 0.251 e. The maximum Gasteiger partial charge on any atom is 0.251 e. The molecule has 0 saturated carbocycles. The van der Waals surface area contributed by atoms with E-state index in [1.165, 1.54) is 10.9 Å². The van der Waals surface area contributed by atoms with E-state index in [2.05, 4.69) is 41.4 Å². The zero-order valence-electron chi connectivity index (χ0n) is 20.2. The van der Waals surface area contributed by atoms with Gasteiger partial charge in [-0.25, -0.2) is 4.98 Å². The van der Waals surface area contributed by atoms with Crippen LogP contribution < -0.4 is 9.64 Å². The van der Waals surface area contributed by atoms with Gasteiger partial charge in [0.1, 0.15) is 23.8 Å². The molecule has 1 amide bonds. The van der Waals surface area contributed by atoms with Gasteiger partial charge in [0.05, 0.1) is 0 Å².